The third kappa shape index (κ3) is 4.95. The van der Waals surface area contributed by atoms with Crippen molar-refractivity contribution in [2.45, 2.75) is 31.6 Å². The number of methoxy groups -OCH3 is 3. The molecule has 0 saturated carbocycles. The van der Waals surface area contributed by atoms with Crippen molar-refractivity contribution in [3.63, 3.8) is 0 Å². The fourth-order valence-corrected chi connectivity index (χ4v) is 4.92. The predicted octanol–water partition coefficient (Wildman–Crippen LogP) is 3.96. The molecule has 1 aliphatic heterocycles. The van der Waals surface area contributed by atoms with Crippen LogP contribution in [-0.2, 0) is 19.1 Å². The van der Waals surface area contributed by atoms with E-state index in [9.17, 15) is 14.7 Å². The van der Waals surface area contributed by atoms with Gasteiger partial charge in [0.05, 0.1) is 26.4 Å². The molecule has 190 valence electrons. The minimum Gasteiger partial charge on any atom is -0.504 e. The van der Waals surface area contributed by atoms with Gasteiger partial charge in [-0.2, -0.15) is 0 Å². The second-order valence-electron chi connectivity index (χ2n) is 8.85. The number of phenolic OH excluding ortho intramolecular Hbond substituents is 1. The summed E-state index contributed by atoms with van der Waals surface area (Å²) in [6.07, 6.45) is 0.923. The number of Topliss-reactive ketones (excluding diaryl/α,β-unsaturated/α-hetero) is 1. The molecular formula is C28H31NO7. The summed E-state index contributed by atoms with van der Waals surface area (Å²) in [6, 6.07) is 12.6. The zero-order chi connectivity index (χ0) is 25.8. The lowest BCUT2D eigenvalue weighted by Crippen LogP contribution is -2.36. The Labute approximate surface area is 210 Å². The van der Waals surface area contributed by atoms with Crippen LogP contribution < -0.4 is 14.8 Å². The molecule has 1 heterocycles. The standard InChI is InChI=1S/C28H31NO7/c1-16-25(28(32)36-12-11-33-2)26(18-7-10-22(30)24(15-18)35-4)27-21(29-16)13-19(14-23(27)31)17-5-8-20(34-3)9-6-17/h5-10,15,19,26,29-30H,11-14H2,1-4H3/t19-,26-/m0/s1. The Morgan fingerprint density at radius 3 is 2.39 bits per heavy atom. The molecule has 2 aliphatic rings. The second kappa shape index (κ2) is 10.9. The third-order valence-corrected chi connectivity index (χ3v) is 6.69. The molecule has 1 aliphatic carbocycles. The number of carbonyl (C=O) groups is 2. The number of ketones is 1. The zero-order valence-electron chi connectivity index (χ0n) is 20.9. The van der Waals surface area contributed by atoms with Crippen LogP contribution in [0.1, 0.15) is 42.7 Å². The molecule has 2 atom stereocenters. The highest BCUT2D eigenvalue weighted by molar-refractivity contribution is 6.04. The first-order valence-electron chi connectivity index (χ1n) is 11.8. The summed E-state index contributed by atoms with van der Waals surface area (Å²) in [5, 5.41) is 13.5. The fourth-order valence-electron chi connectivity index (χ4n) is 4.92. The first-order chi connectivity index (χ1) is 17.4. The van der Waals surface area contributed by atoms with E-state index < -0.39 is 11.9 Å². The molecule has 8 nitrogen and oxygen atoms in total. The molecule has 0 spiro atoms. The van der Waals surface area contributed by atoms with Crippen LogP contribution in [0.15, 0.2) is 65.0 Å². The van der Waals surface area contributed by atoms with E-state index in [4.69, 9.17) is 18.9 Å². The average molecular weight is 494 g/mol. The SMILES string of the molecule is COCCOC(=O)C1=C(C)NC2=C(C(=O)C[C@@H](c3ccc(OC)cc3)C2)[C@H]1c1ccc(O)c(OC)c1. The van der Waals surface area contributed by atoms with Crippen molar-refractivity contribution in [3.8, 4) is 17.2 Å². The molecule has 4 rings (SSSR count). The van der Waals surface area contributed by atoms with Crippen molar-refractivity contribution in [2.24, 2.45) is 0 Å². The van der Waals surface area contributed by atoms with Gasteiger partial charge in [-0.25, -0.2) is 4.79 Å². The maximum absolute atomic E-state index is 13.7. The Morgan fingerprint density at radius 1 is 1.00 bits per heavy atom. The van der Waals surface area contributed by atoms with E-state index in [1.54, 1.807) is 19.2 Å². The van der Waals surface area contributed by atoms with E-state index in [1.165, 1.54) is 20.3 Å². The number of aromatic hydroxyl groups is 1. The number of nitrogens with one attached hydrogen (secondary N) is 1. The van der Waals surface area contributed by atoms with Crippen LogP contribution in [0, 0.1) is 0 Å². The number of rotatable bonds is 8. The van der Waals surface area contributed by atoms with Gasteiger partial charge in [-0.1, -0.05) is 18.2 Å². The van der Waals surface area contributed by atoms with Crippen molar-refractivity contribution < 1.29 is 33.6 Å². The summed E-state index contributed by atoms with van der Waals surface area (Å²) in [6.45, 7) is 2.17. The van der Waals surface area contributed by atoms with Gasteiger partial charge in [-0.05, 0) is 54.7 Å². The zero-order valence-corrected chi connectivity index (χ0v) is 20.9. The maximum Gasteiger partial charge on any atom is 0.336 e. The molecular weight excluding hydrogens is 462 g/mol. The Hall–Kier alpha value is -3.78. The Balaban J connectivity index is 1.76. The monoisotopic (exact) mass is 493 g/mol. The van der Waals surface area contributed by atoms with Crippen molar-refractivity contribution in [1.29, 1.82) is 0 Å². The highest BCUT2D eigenvalue weighted by Gasteiger charge is 2.41. The normalized spacial score (nSPS) is 19.5. The van der Waals surface area contributed by atoms with Crippen LogP contribution >= 0.6 is 0 Å². The maximum atomic E-state index is 13.7. The Bertz CT molecular complexity index is 1210. The highest BCUT2D eigenvalue weighted by Crippen LogP contribution is 2.47. The van der Waals surface area contributed by atoms with E-state index in [0.717, 1.165) is 17.0 Å². The molecule has 0 amide bonds. The van der Waals surface area contributed by atoms with Gasteiger partial charge in [0.15, 0.2) is 17.3 Å². The summed E-state index contributed by atoms with van der Waals surface area (Å²) in [4.78, 5) is 26.9. The molecule has 0 aromatic heterocycles. The predicted molar refractivity (Wildman–Crippen MR) is 133 cm³/mol. The summed E-state index contributed by atoms with van der Waals surface area (Å²) in [5.41, 5.74) is 4.01. The molecule has 8 heteroatoms. The lowest BCUT2D eigenvalue weighted by Gasteiger charge is -2.36. The van der Waals surface area contributed by atoms with Crippen molar-refractivity contribution in [2.75, 3.05) is 34.5 Å². The lowest BCUT2D eigenvalue weighted by atomic mass is 9.71. The number of allylic oxidation sites excluding steroid dienone is 3. The van der Waals surface area contributed by atoms with Gasteiger partial charge in [0, 0.05) is 36.4 Å². The van der Waals surface area contributed by atoms with Crippen LogP contribution in [0.4, 0.5) is 0 Å². The molecule has 36 heavy (non-hydrogen) atoms. The number of ether oxygens (including phenoxy) is 4. The molecule has 0 fully saturated rings. The quantitative estimate of drug-likeness (QED) is 0.421. The summed E-state index contributed by atoms with van der Waals surface area (Å²) in [5.74, 6) is -0.237. The topological polar surface area (TPSA) is 103 Å². The number of carbonyl (C=O) groups excluding carboxylic acids is 2. The van der Waals surface area contributed by atoms with Crippen LogP contribution in [0.5, 0.6) is 17.2 Å². The molecule has 2 aromatic carbocycles. The molecule has 0 unspecified atom stereocenters. The van der Waals surface area contributed by atoms with Crippen LogP contribution in [0.2, 0.25) is 0 Å². The van der Waals surface area contributed by atoms with Gasteiger partial charge in [-0.15, -0.1) is 0 Å². The Morgan fingerprint density at radius 2 is 1.72 bits per heavy atom. The Kier molecular flexibility index (Phi) is 7.64. The van der Waals surface area contributed by atoms with E-state index in [1.807, 2.05) is 31.2 Å². The number of hydrogen-bond donors (Lipinski definition) is 2. The van der Waals surface area contributed by atoms with Gasteiger partial charge in [0.2, 0.25) is 0 Å². The molecule has 0 saturated heterocycles. The third-order valence-electron chi connectivity index (χ3n) is 6.69. The van der Waals surface area contributed by atoms with E-state index in [2.05, 4.69) is 5.32 Å². The molecule has 2 N–H and O–H groups in total. The number of hydrogen-bond acceptors (Lipinski definition) is 8. The minimum atomic E-state index is -0.657. The van der Waals surface area contributed by atoms with Crippen LogP contribution in [-0.4, -0.2) is 51.4 Å². The summed E-state index contributed by atoms with van der Waals surface area (Å²) < 4.78 is 21.0. The van der Waals surface area contributed by atoms with Gasteiger partial charge in [0.25, 0.3) is 0 Å². The average Bonchev–Trinajstić information content (AvgIpc) is 2.88. The minimum absolute atomic E-state index is 0.00679. The van der Waals surface area contributed by atoms with Gasteiger partial charge < -0.3 is 29.4 Å². The fraction of sp³-hybridized carbons (Fsp3) is 0.357. The highest BCUT2D eigenvalue weighted by atomic mass is 16.6. The smallest absolute Gasteiger partial charge is 0.336 e. The number of phenols is 1. The van der Waals surface area contributed by atoms with Gasteiger partial charge in [0.1, 0.15) is 12.4 Å². The van der Waals surface area contributed by atoms with Gasteiger partial charge in [-0.3, -0.25) is 4.79 Å². The first kappa shape index (κ1) is 25.3. The number of esters is 1. The van der Waals surface area contributed by atoms with Crippen molar-refractivity contribution in [3.05, 3.63) is 76.1 Å². The van der Waals surface area contributed by atoms with E-state index in [0.29, 0.717) is 35.2 Å². The van der Waals surface area contributed by atoms with E-state index in [-0.39, 0.29) is 36.4 Å². The van der Waals surface area contributed by atoms with Crippen molar-refractivity contribution >= 4 is 11.8 Å². The first-order valence-corrected chi connectivity index (χ1v) is 11.8. The number of benzene rings is 2. The molecule has 0 radical (unpaired) electrons. The van der Waals surface area contributed by atoms with Crippen LogP contribution in [0.3, 0.4) is 0 Å². The van der Waals surface area contributed by atoms with Gasteiger partial charge >= 0.3 is 5.97 Å². The largest absolute Gasteiger partial charge is 0.504 e. The molecule has 0 bridgehead atoms. The summed E-state index contributed by atoms with van der Waals surface area (Å²) >= 11 is 0. The number of dihydropyridines is 1. The second-order valence-corrected chi connectivity index (χ2v) is 8.85. The van der Waals surface area contributed by atoms with Crippen molar-refractivity contribution in [1.82, 2.24) is 5.32 Å². The van der Waals surface area contributed by atoms with E-state index >= 15 is 0 Å². The molecule has 2 aromatic rings. The lowest BCUT2D eigenvalue weighted by molar-refractivity contribution is -0.140. The van der Waals surface area contributed by atoms with Crippen LogP contribution in [0.25, 0.3) is 0 Å². The summed E-state index contributed by atoms with van der Waals surface area (Å²) in [7, 11) is 4.61.